The molecule has 5 nitrogen and oxygen atoms in total. The van der Waals surface area contributed by atoms with E-state index in [1.165, 1.54) is 0 Å². The number of benzene rings is 1. The van der Waals surface area contributed by atoms with E-state index in [1.807, 2.05) is 17.8 Å². The van der Waals surface area contributed by atoms with Crippen molar-refractivity contribution < 1.29 is 14.6 Å². The second-order valence-electron chi connectivity index (χ2n) is 7.24. The fourth-order valence-corrected chi connectivity index (χ4v) is 5.05. The second kappa shape index (κ2) is 7.98. The van der Waals surface area contributed by atoms with Crippen molar-refractivity contribution in [1.82, 2.24) is 10.2 Å². The maximum Gasteiger partial charge on any atom is 0.255 e. The molecule has 0 saturated carbocycles. The summed E-state index contributed by atoms with van der Waals surface area (Å²) >= 11 is 1.95. The van der Waals surface area contributed by atoms with Crippen LogP contribution in [-0.2, 0) is 4.74 Å². The van der Waals surface area contributed by atoms with Crippen LogP contribution in [0.5, 0.6) is 5.75 Å². The third-order valence-electron chi connectivity index (χ3n) is 5.27. The summed E-state index contributed by atoms with van der Waals surface area (Å²) in [6.07, 6.45) is 1.08. The van der Waals surface area contributed by atoms with E-state index in [1.54, 1.807) is 12.1 Å². The average Bonchev–Trinajstić information content (AvgIpc) is 3.11. The molecule has 3 rings (SSSR count). The summed E-state index contributed by atoms with van der Waals surface area (Å²) < 4.78 is 5.48. The van der Waals surface area contributed by atoms with E-state index in [9.17, 15) is 9.90 Å². The lowest BCUT2D eigenvalue weighted by atomic mass is 9.95. The van der Waals surface area contributed by atoms with E-state index in [-0.39, 0.29) is 17.2 Å². The number of morpholine rings is 1. The molecule has 2 aliphatic rings. The summed E-state index contributed by atoms with van der Waals surface area (Å²) in [5, 5.41) is 13.2. The van der Waals surface area contributed by atoms with Crippen LogP contribution in [0.15, 0.2) is 18.2 Å². The molecule has 1 atom stereocenters. The maximum atomic E-state index is 12.7. The zero-order valence-electron chi connectivity index (χ0n) is 15.1. The quantitative estimate of drug-likeness (QED) is 0.840. The van der Waals surface area contributed by atoms with Crippen molar-refractivity contribution in [3.8, 4) is 5.75 Å². The molecule has 2 heterocycles. The molecule has 0 aromatic heterocycles. The molecule has 2 saturated heterocycles. The fraction of sp³-hybridized carbons (Fsp3) is 0.632. The van der Waals surface area contributed by atoms with Gasteiger partial charge in [0.1, 0.15) is 5.75 Å². The summed E-state index contributed by atoms with van der Waals surface area (Å²) in [6, 6.07) is 5.30. The van der Waals surface area contributed by atoms with E-state index < -0.39 is 0 Å². The van der Waals surface area contributed by atoms with Gasteiger partial charge in [-0.2, -0.15) is 11.8 Å². The monoisotopic (exact) mass is 364 g/mol. The predicted octanol–water partition coefficient (Wildman–Crippen LogP) is 2.45. The van der Waals surface area contributed by atoms with Crippen LogP contribution in [0.3, 0.4) is 0 Å². The second-order valence-corrected chi connectivity index (χ2v) is 8.35. The van der Waals surface area contributed by atoms with E-state index in [0.29, 0.717) is 18.0 Å². The summed E-state index contributed by atoms with van der Waals surface area (Å²) in [5.41, 5.74) is 1.44. The fourth-order valence-electron chi connectivity index (χ4n) is 3.57. The van der Waals surface area contributed by atoms with Crippen LogP contribution in [0.2, 0.25) is 0 Å². The van der Waals surface area contributed by atoms with Gasteiger partial charge < -0.3 is 15.2 Å². The molecule has 0 aliphatic carbocycles. The number of hydrogen-bond acceptors (Lipinski definition) is 5. The van der Waals surface area contributed by atoms with Gasteiger partial charge in [-0.05, 0) is 35.8 Å². The van der Waals surface area contributed by atoms with Gasteiger partial charge in [0, 0.05) is 30.9 Å². The topological polar surface area (TPSA) is 61.8 Å². The number of rotatable bonds is 5. The number of amides is 1. The lowest BCUT2D eigenvalue weighted by Crippen LogP contribution is -2.59. The number of aromatic hydroxyl groups is 1. The molecule has 2 N–H and O–H groups in total. The van der Waals surface area contributed by atoms with Crippen LogP contribution < -0.4 is 5.32 Å². The van der Waals surface area contributed by atoms with Gasteiger partial charge in [0.2, 0.25) is 0 Å². The first-order chi connectivity index (χ1) is 12.0. The largest absolute Gasteiger partial charge is 0.507 e. The van der Waals surface area contributed by atoms with Gasteiger partial charge in [-0.25, -0.2) is 0 Å². The lowest BCUT2D eigenvalue weighted by molar-refractivity contribution is -0.0129. The van der Waals surface area contributed by atoms with Crippen LogP contribution in [0, 0.1) is 0 Å². The normalized spacial score (nSPS) is 24.6. The van der Waals surface area contributed by atoms with E-state index in [2.05, 4.69) is 24.1 Å². The number of hydrogen-bond donors (Lipinski definition) is 2. The first-order valence-electron chi connectivity index (χ1n) is 9.03. The number of carbonyl (C=O) groups is 1. The van der Waals surface area contributed by atoms with Crippen LogP contribution >= 0.6 is 11.8 Å². The molecule has 0 spiro atoms. The highest BCUT2D eigenvalue weighted by Gasteiger charge is 2.41. The molecule has 2 aliphatic heterocycles. The number of phenols is 1. The zero-order chi connectivity index (χ0) is 17.9. The first kappa shape index (κ1) is 18.5. The summed E-state index contributed by atoms with van der Waals surface area (Å²) in [4.78, 5) is 15.2. The molecule has 2 fully saturated rings. The Kier molecular flexibility index (Phi) is 5.92. The Morgan fingerprint density at radius 1 is 1.40 bits per heavy atom. The molecule has 1 unspecified atom stereocenters. The standard InChI is InChI=1S/C19H28N2O3S/c1-14(2)15-3-4-17(22)16(11-15)18(23)20-12-19(5-10-25-13-19)21-6-8-24-9-7-21/h3-4,11,14,22H,5-10,12-13H2,1-2H3,(H,20,23). The minimum Gasteiger partial charge on any atom is -0.507 e. The Morgan fingerprint density at radius 3 is 2.80 bits per heavy atom. The van der Waals surface area contributed by atoms with Crippen molar-refractivity contribution in [3.05, 3.63) is 29.3 Å². The molecule has 1 amide bonds. The number of phenolic OH excluding ortho intramolecular Hbond substituents is 1. The number of carbonyl (C=O) groups excluding carboxylic acids is 1. The Balaban J connectivity index is 1.71. The first-order valence-corrected chi connectivity index (χ1v) is 10.2. The Labute approximate surface area is 154 Å². The smallest absolute Gasteiger partial charge is 0.255 e. The van der Waals surface area contributed by atoms with Gasteiger partial charge >= 0.3 is 0 Å². The highest BCUT2D eigenvalue weighted by molar-refractivity contribution is 7.99. The number of ether oxygens (including phenoxy) is 1. The molecule has 138 valence electrons. The SMILES string of the molecule is CC(C)c1ccc(O)c(C(=O)NCC2(N3CCOCC3)CCSC2)c1. The lowest BCUT2D eigenvalue weighted by Gasteiger charge is -2.43. The highest BCUT2D eigenvalue weighted by Crippen LogP contribution is 2.34. The molecule has 0 radical (unpaired) electrons. The molecule has 6 heteroatoms. The summed E-state index contributed by atoms with van der Waals surface area (Å²) in [7, 11) is 0. The third-order valence-corrected chi connectivity index (χ3v) is 6.51. The van der Waals surface area contributed by atoms with Gasteiger partial charge in [-0.15, -0.1) is 0 Å². The van der Waals surface area contributed by atoms with Crippen LogP contribution in [0.25, 0.3) is 0 Å². The van der Waals surface area contributed by atoms with Gasteiger partial charge in [-0.3, -0.25) is 9.69 Å². The third kappa shape index (κ3) is 4.13. The van der Waals surface area contributed by atoms with Crippen molar-refractivity contribution in [2.24, 2.45) is 0 Å². The molecule has 0 bridgehead atoms. The number of thioether (sulfide) groups is 1. The van der Waals surface area contributed by atoms with E-state index in [4.69, 9.17) is 4.74 Å². The average molecular weight is 365 g/mol. The minimum absolute atomic E-state index is 0.00931. The Bertz CT molecular complexity index is 609. The molecular weight excluding hydrogens is 336 g/mol. The van der Waals surface area contributed by atoms with Gasteiger partial charge in [-0.1, -0.05) is 19.9 Å². The Morgan fingerprint density at radius 2 is 2.16 bits per heavy atom. The predicted molar refractivity (Wildman–Crippen MR) is 102 cm³/mol. The van der Waals surface area contributed by atoms with Gasteiger partial charge in [0.15, 0.2) is 0 Å². The Hall–Kier alpha value is -1.24. The van der Waals surface area contributed by atoms with Gasteiger partial charge in [0.05, 0.1) is 18.8 Å². The van der Waals surface area contributed by atoms with E-state index >= 15 is 0 Å². The molecule has 1 aromatic rings. The van der Waals surface area contributed by atoms with Crippen LogP contribution in [0.1, 0.15) is 42.1 Å². The minimum atomic E-state index is -0.190. The van der Waals surface area contributed by atoms with Crippen molar-refractivity contribution in [2.45, 2.75) is 31.7 Å². The van der Waals surface area contributed by atoms with Crippen molar-refractivity contribution in [1.29, 1.82) is 0 Å². The molecule has 1 aromatic carbocycles. The van der Waals surface area contributed by atoms with E-state index in [0.717, 1.165) is 49.8 Å². The molecule has 25 heavy (non-hydrogen) atoms. The van der Waals surface area contributed by atoms with Crippen LogP contribution in [0.4, 0.5) is 0 Å². The van der Waals surface area contributed by atoms with Crippen LogP contribution in [-0.4, -0.2) is 65.8 Å². The highest BCUT2D eigenvalue weighted by atomic mass is 32.2. The number of nitrogens with zero attached hydrogens (tertiary/aromatic N) is 1. The van der Waals surface area contributed by atoms with Crippen molar-refractivity contribution in [3.63, 3.8) is 0 Å². The van der Waals surface area contributed by atoms with Crippen molar-refractivity contribution >= 4 is 17.7 Å². The molecular formula is C19H28N2O3S. The van der Waals surface area contributed by atoms with Gasteiger partial charge in [0.25, 0.3) is 5.91 Å². The zero-order valence-corrected chi connectivity index (χ0v) is 15.9. The summed E-state index contributed by atoms with van der Waals surface area (Å²) in [5.74, 6) is 2.33. The maximum absolute atomic E-state index is 12.7. The number of nitrogens with one attached hydrogen (secondary N) is 1. The summed E-state index contributed by atoms with van der Waals surface area (Å²) in [6.45, 7) is 8.14. The van der Waals surface area contributed by atoms with Crippen molar-refractivity contribution in [2.75, 3.05) is 44.4 Å².